The standard InChI is InChI=1S/C23H17.C21H25.C13H10.2ClH.Hf/c1-3-9-18(10-4-1)21-15-22(19-11-5-2-6-12-19)17-23(16-21)20-13-7-8-14-20;1-20(2,3)16-7-9-18-14(12-16)11-15-13-17(21(4,5)6)8-10-19(15)18;1-3-7-12(8-4-1)11-13-9-5-2-6-10-13;;;/h1-17H;7-13H,1-6H3;1-10H;2*1H;/q2*-1;;;;+2/p-2. The molecule has 9 aromatic rings. The van der Waals surface area contributed by atoms with Gasteiger partial charge in [-0.3, -0.25) is 0 Å². The van der Waals surface area contributed by atoms with Crippen LogP contribution in [0.3, 0.4) is 0 Å². The summed E-state index contributed by atoms with van der Waals surface area (Å²) in [4.78, 5) is 0. The van der Waals surface area contributed by atoms with E-state index in [9.17, 15) is 0 Å². The quantitative estimate of drug-likeness (QED) is 0.119. The molecule has 0 radical (unpaired) electrons. The van der Waals surface area contributed by atoms with Gasteiger partial charge in [-0.1, -0.05) is 155 Å². The first-order chi connectivity index (χ1) is 27.9. The Balaban J connectivity index is 0.000000173. The van der Waals surface area contributed by atoms with Crippen molar-refractivity contribution in [2.24, 2.45) is 0 Å². The Morgan fingerprint density at radius 3 is 1.15 bits per heavy atom. The molecule has 0 heterocycles. The largest absolute Gasteiger partial charge is 0.176 e. The molecule has 0 aliphatic heterocycles. The Bertz CT molecular complexity index is 2550. The topological polar surface area (TPSA) is 0 Å². The third-order valence-electron chi connectivity index (χ3n) is 10.7. The van der Waals surface area contributed by atoms with Crippen LogP contribution in [0.15, 0.2) is 206 Å². The molecule has 0 nitrogen and oxygen atoms in total. The van der Waals surface area contributed by atoms with Gasteiger partial charge in [0.2, 0.25) is 0 Å². The molecular formula is C57H52Cl2Hf-2. The third-order valence-corrected chi connectivity index (χ3v) is 12.8. The van der Waals surface area contributed by atoms with Gasteiger partial charge in [0.1, 0.15) is 0 Å². The molecule has 0 saturated carbocycles. The molecule has 300 valence electrons. The molecule has 9 aromatic carbocycles. The Morgan fingerprint density at radius 2 is 0.783 bits per heavy atom. The minimum Gasteiger partial charge on any atom is -0.176 e. The summed E-state index contributed by atoms with van der Waals surface area (Å²) < 4.78 is 1.46. The summed E-state index contributed by atoms with van der Waals surface area (Å²) in [6.45, 7) is 13.6. The average molecular weight is 986 g/mol. The molecule has 0 spiro atoms. The van der Waals surface area contributed by atoms with Crippen LogP contribution in [-0.4, -0.2) is 3.26 Å². The molecule has 0 aromatic heterocycles. The summed E-state index contributed by atoms with van der Waals surface area (Å²) in [5, 5.41) is 5.48. The maximum absolute atomic E-state index is 2.35. The average Bonchev–Trinajstić information content (AvgIpc) is 3.93. The molecule has 0 aliphatic carbocycles. The zero-order valence-electron chi connectivity index (χ0n) is 35.4. The van der Waals surface area contributed by atoms with Gasteiger partial charge < -0.3 is 24.8 Å². The molecule has 0 amide bonds. The van der Waals surface area contributed by atoms with Crippen LogP contribution in [0.5, 0.6) is 0 Å². The summed E-state index contributed by atoms with van der Waals surface area (Å²) >= 11 is 1.08. The van der Waals surface area contributed by atoms with Crippen molar-refractivity contribution in [1.82, 2.24) is 0 Å². The minimum atomic E-state index is 0. The van der Waals surface area contributed by atoms with Gasteiger partial charge in [0.05, 0.1) is 0 Å². The summed E-state index contributed by atoms with van der Waals surface area (Å²) in [7, 11) is 0. The van der Waals surface area contributed by atoms with Crippen molar-refractivity contribution in [3.8, 4) is 33.4 Å². The van der Waals surface area contributed by atoms with Crippen LogP contribution in [0.1, 0.15) is 63.8 Å². The summed E-state index contributed by atoms with van der Waals surface area (Å²) in [6.07, 6.45) is 0. The summed E-state index contributed by atoms with van der Waals surface area (Å²) in [5.41, 5.74) is 13.4. The van der Waals surface area contributed by atoms with Crippen molar-refractivity contribution in [2.45, 2.75) is 52.4 Å². The smallest absolute Gasteiger partial charge is 0.0192 e. The van der Waals surface area contributed by atoms with Crippen molar-refractivity contribution in [2.75, 3.05) is 0 Å². The fraction of sp³-hybridized carbons (Fsp3) is 0.140. The fourth-order valence-corrected chi connectivity index (χ4v) is 8.48. The van der Waals surface area contributed by atoms with Crippen LogP contribution in [-0.2, 0) is 34.7 Å². The van der Waals surface area contributed by atoms with Crippen molar-refractivity contribution in [3.05, 3.63) is 229 Å². The number of halogens is 2. The molecule has 0 N–H and O–H groups in total. The molecule has 0 fully saturated rings. The minimum absolute atomic E-state index is 0. The van der Waals surface area contributed by atoms with Gasteiger partial charge in [-0.25, -0.2) is 0 Å². The molecule has 0 bridgehead atoms. The van der Waals surface area contributed by atoms with Crippen LogP contribution in [0, 0.1) is 0 Å². The number of benzene rings is 7. The second-order valence-corrected chi connectivity index (χ2v) is 18.9. The molecule has 0 aliphatic rings. The van der Waals surface area contributed by atoms with Gasteiger partial charge >= 0.3 is 98.9 Å². The number of rotatable bonds is 5. The zero-order valence-corrected chi connectivity index (χ0v) is 40.5. The number of hydrogen-bond donors (Lipinski definition) is 0. The van der Waals surface area contributed by atoms with E-state index in [1.165, 1.54) is 80.4 Å². The van der Waals surface area contributed by atoms with Crippen LogP contribution < -0.4 is 24.8 Å². The van der Waals surface area contributed by atoms with E-state index >= 15 is 0 Å². The second kappa shape index (κ2) is 20.6. The van der Waals surface area contributed by atoms with E-state index in [0.717, 1.165) is 23.9 Å². The predicted molar refractivity (Wildman–Crippen MR) is 249 cm³/mol. The van der Waals surface area contributed by atoms with E-state index < -0.39 is 0 Å². The molecule has 0 saturated heterocycles. The van der Waals surface area contributed by atoms with E-state index in [4.69, 9.17) is 0 Å². The summed E-state index contributed by atoms with van der Waals surface area (Å²) in [5.74, 6) is 0. The normalized spacial score (nSPS) is 11.0. The molecular weight excluding hydrogens is 934 g/mol. The Labute approximate surface area is 385 Å². The van der Waals surface area contributed by atoms with Crippen LogP contribution in [0.4, 0.5) is 0 Å². The number of hydrogen-bond acceptors (Lipinski definition) is 0. The Hall–Kier alpha value is -4.92. The van der Waals surface area contributed by atoms with Crippen LogP contribution >= 0.6 is 0 Å². The van der Waals surface area contributed by atoms with Crippen LogP contribution in [0.2, 0.25) is 0 Å². The Kier molecular flexibility index (Phi) is 15.8. The molecule has 0 atom stereocenters. The molecule has 9 rings (SSSR count). The van der Waals surface area contributed by atoms with Crippen molar-refractivity contribution in [3.63, 3.8) is 0 Å². The molecule has 60 heavy (non-hydrogen) atoms. The van der Waals surface area contributed by atoms with E-state index in [1.54, 1.807) is 0 Å². The zero-order chi connectivity index (χ0) is 40.7. The van der Waals surface area contributed by atoms with Gasteiger partial charge in [-0.2, -0.15) is 23.8 Å². The third kappa shape index (κ3) is 11.5. The van der Waals surface area contributed by atoms with Crippen molar-refractivity contribution in [1.29, 1.82) is 0 Å². The number of fused-ring (bicyclic) bond motifs is 3. The first-order valence-corrected chi connectivity index (χ1v) is 22.1. The molecule has 0 unspecified atom stereocenters. The van der Waals surface area contributed by atoms with E-state index in [2.05, 4.69) is 248 Å². The first kappa shape index (κ1) is 46.2. The maximum Gasteiger partial charge on any atom is -0.0192 e. The van der Waals surface area contributed by atoms with Gasteiger partial charge in [0, 0.05) is 0 Å². The fourth-order valence-electron chi connectivity index (χ4n) is 7.29. The van der Waals surface area contributed by atoms with Gasteiger partial charge in [0.15, 0.2) is 0 Å². The van der Waals surface area contributed by atoms with Crippen molar-refractivity contribution < 1.29 is 48.7 Å². The second-order valence-electron chi connectivity index (χ2n) is 17.1. The van der Waals surface area contributed by atoms with E-state index in [-0.39, 0.29) is 35.6 Å². The van der Waals surface area contributed by atoms with Crippen molar-refractivity contribution >= 4 is 24.8 Å². The SMILES string of the molecule is CC(C)(C)c1ccc2c(c1)[cH-]c1cc(C(C)(C)C)ccc12.[Cl-].[Cl-].[Hf+2]=[C](c1ccccc1)c1ccccc1.c1ccc(-c2cc(-c3ccccc3)cc(-c3ccc[cH-]3)c2)cc1. The van der Waals surface area contributed by atoms with E-state index in [0.29, 0.717) is 0 Å². The monoisotopic (exact) mass is 986 g/mol. The summed E-state index contributed by atoms with van der Waals surface area (Å²) in [6, 6.07) is 73.8. The molecule has 3 heteroatoms. The first-order valence-electron chi connectivity index (χ1n) is 20.3. The van der Waals surface area contributed by atoms with Gasteiger partial charge in [-0.05, 0) is 39.2 Å². The van der Waals surface area contributed by atoms with E-state index in [1.807, 2.05) is 0 Å². The van der Waals surface area contributed by atoms with Gasteiger partial charge in [0.25, 0.3) is 0 Å². The van der Waals surface area contributed by atoms with Gasteiger partial charge in [-0.15, -0.1) is 45.8 Å². The van der Waals surface area contributed by atoms with Crippen LogP contribution in [0.25, 0.3) is 54.9 Å². The Morgan fingerprint density at radius 1 is 0.400 bits per heavy atom. The maximum atomic E-state index is 2.35. The predicted octanol–water partition coefficient (Wildman–Crippen LogP) is 9.52.